The van der Waals surface area contributed by atoms with E-state index in [2.05, 4.69) is 15.3 Å². The number of rotatable bonds is 2. The predicted molar refractivity (Wildman–Crippen MR) is 104 cm³/mol. The van der Waals surface area contributed by atoms with Crippen LogP contribution in [0.2, 0.25) is 0 Å². The van der Waals surface area contributed by atoms with Crippen molar-refractivity contribution < 1.29 is 36.6 Å². The summed E-state index contributed by atoms with van der Waals surface area (Å²) in [6, 6.07) is 4.31. The number of carboxylic acid groups (broad SMARTS) is 1. The van der Waals surface area contributed by atoms with Crippen molar-refractivity contribution in [2.75, 3.05) is 0 Å². The summed E-state index contributed by atoms with van der Waals surface area (Å²) in [4.78, 5) is 43.1. The summed E-state index contributed by atoms with van der Waals surface area (Å²) in [5, 5.41) is 9.89. The predicted octanol–water partition coefficient (Wildman–Crippen LogP) is 3.28. The normalized spacial score (nSPS) is 15.0. The Bertz CT molecular complexity index is 1310. The standard InChI is InChI=1S/C18H14F2N4O2.C2HF3O2/c1-2-4-13-16-22-14-8-12(20)11(19)7-10(14)18(26)24(16)15-9(17(25)23-13)5-3-6-21-15;3-2(4,5)1(6)7/h3,5-8,13H,2,4H2,1H3,(H,23,25);(H,6,7). The van der Waals surface area contributed by atoms with Gasteiger partial charge in [0.25, 0.3) is 11.5 Å². The van der Waals surface area contributed by atoms with Crippen LogP contribution in [0.25, 0.3) is 16.7 Å². The lowest BCUT2D eigenvalue weighted by molar-refractivity contribution is -0.192. The fourth-order valence-electron chi connectivity index (χ4n) is 3.18. The van der Waals surface area contributed by atoms with Gasteiger partial charge < -0.3 is 10.4 Å². The number of alkyl halides is 3. The Kier molecular flexibility index (Phi) is 6.42. The molecule has 1 aromatic carbocycles. The van der Waals surface area contributed by atoms with Crippen molar-refractivity contribution in [1.82, 2.24) is 19.9 Å². The number of halogens is 5. The molecule has 174 valence electrons. The molecule has 0 saturated heterocycles. The van der Waals surface area contributed by atoms with Gasteiger partial charge in [-0.1, -0.05) is 13.3 Å². The number of aromatic nitrogens is 3. The SMILES string of the molecule is CCCC1NC(=O)c2cccnc2-n2c1nc1cc(F)c(F)cc1c2=O.O=C(O)C(F)(F)F. The van der Waals surface area contributed by atoms with Gasteiger partial charge in [0.15, 0.2) is 17.5 Å². The first kappa shape index (κ1) is 23.8. The summed E-state index contributed by atoms with van der Waals surface area (Å²) in [5.41, 5.74) is -0.338. The number of fused-ring (bicyclic) bond motifs is 4. The van der Waals surface area contributed by atoms with Gasteiger partial charge in [0.05, 0.1) is 22.5 Å². The molecule has 1 aliphatic rings. The highest BCUT2D eigenvalue weighted by Crippen LogP contribution is 2.26. The number of hydrogen-bond acceptors (Lipinski definition) is 5. The fourth-order valence-corrected chi connectivity index (χ4v) is 3.18. The molecule has 1 amide bonds. The number of carbonyl (C=O) groups excluding carboxylic acids is 1. The minimum Gasteiger partial charge on any atom is -0.475 e. The Morgan fingerprint density at radius 2 is 1.85 bits per heavy atom. The van der Waals surface area contributed by atoms with Gasteiger partial charge in [0.2, 0.25) is 0 Å². The van der Waals surface area contributed by atoms with E-state index in [-0.39, 0.29) is 34.0 Å². The molecule has 1 aliphatic heterocycles. The number of nitrogens with zero attached hydrogens (tertiary/aromatic N) is 3. The van der Waals surface area contributed by atoms with E-state index in [1.807, 2.05) is 6.92 Å². The average Bonchev–Trinajstić information content (AvgIpc) is 2.85. The van der Waals surface area contributed by atoms with E-state index in [1.54, 1.807) is 12.1 Å². The zero-order valence-corrected chi connectivity index (χ0v) is 16.8. The van der Waals surface area contributed by atoms with Crippen LogP contribution in [0.15, 0.2) is 35.3 Å². The van der Waals surface area contributed by atoms with E-state index in [4.69, 9.17) is 9.90 Å². The third-order valence-corrected chi connectivity index (χ3v) is 4.62. The van der Waals surface area contributed by atoms with Gasteiger partial charge in [-0.15, -0.1) is 0 Å². The topological polar surface area (TPSA) is 114 Å². The summed E-state index contributed by atoms with van der Waals surface area (Å²) in [5.74, 6) is -4.97. The molecule has 2 N–H and O–H groups in total. The smallest absolute Gasteiger partial charge is 0.475 e. The van der Waals surface area contributed by atoms with E-state index in [0.717, 1.165) is 18.6 Å². The third kappa shape index (κ3) is 4.66. The van der Waals surface area contributed by atoms with Crippen molar-refractivity contribution in [3.05, 3.63) is 63.8 Å². The average molecular weight is 470 g/mol. The van der Waals surface area contributed by atoms with Crippen LogP contribution in [0.3, 0.4) is 0 Å². The van der Waals surface area contributed by atoms with Crippen molar-refractivity contribution in [2.45, 2.75) is 32.0 Å². The largest absolute Gasteiger partial charge is 0.490 e. The van der Waals surface area contributed by atoms with Crippen molar-refractivity contribution in [3.63, 3.8) is 0 Å². The second kappa shape index (κ2) is 8.92. The van der Waals surface area contributed by atoms with Crippen molar-refractivity contribution in [1.29, 1.82) is 0 Å². The van der Waals surface area contributed by atoms with Crippen LogP contribution in [0, 0.1) is 11.6 Å². The minimum absolute atomic E-state index is 0.0369. The van der Waals surface area contributed by atoms with Crippen LogP contribution in [0.4, 0.5) is 22.0 Å². The first-order valence-electron chi connectivity index (χ1n) is 9.43. The number of nitrogens with one attached hydrogen (secondary N) is 1. The third-order valence-electron chi connectivity index (χ3n) is 4.62. The zero-order chi connectivity index (χ0) is 24.5. The van der Waals surface area contributed by atoms with Crippen molar-refractivity contribution in [2.24, 2.45) is 0 Å². The molecule has 3 heterocycles. The van der Waals surface area contributed by atoms with Crippen LogP contribution in [-0.4, -0.2) is 37.7 Å². The zero-order valence-electron chi connectivity index (χ0n) is 16.8. The van der Waals surface area contributed by atoms with Gasteiger partial charge in [-0.2, -0.15) is 13.2 Å². The molecule has 13 heteroatoms. The lowest BCUT2D eigenvalue weighted by Gasteiger charge is -2.18. The molecule has 0 spiro atoms. The van der Waals surface area contributed by atoms with Gasteiger partial charge >= 0.3 is 12.1 Å². The van der Waals surface area contributed by atoms with Crippen LogP contribution < -0.4 is 10.9 Å². The summed E-state index contributed by atoms with van der Waals surface area (Å²) in [7, 11) is 0. The molecule has 0 fully saturated rings. The number of carbonyl (C=O) groups is 2. The van der Waals surface area contributed by atoms with Crippen LogP contribution >= 0.6 is 0 Å². The number of benzene rings is 1. The second-order valence-corrected chi connectivity index (χ2v) is 6.89. The van der Waals surface area contributed by atoms with Crippen molar-refractivity contribution in [3.8, 4) is 5.82 Å². The minimum atomic E-state index is -5.08. The molecule has 8 nitrogen and oxygen atoms in total. The molecule has 4 rings (SSSR count). The number of aliphatic carboxylic acids is 1. The molecule has 33 heavy (non-hydrogen) atoms. The molecule has 2 aromatic heterocycles. The molecule has 0 aliphatic carbocycles. The van der Waals surface area contributed by atoms with Gasteiger partial charge in [0.1, 0.15) is 5.82 Å². The summed E-state index contributed by atoms with van der Waals surface area (Å²) in [6.07, 6.45) is -2.38. The number of amides is 1. The summed E-state index contributed by atoms with van der Waals surface area (Å²) in [6.45, 7) is 1.93. The van der Waals surface area contributed by atoms with Crippen LogP contribution in [-0.2, 0) is 4.79 Å². The first-order chi connectivity index (χ1) is 15.5. The molecule has 1 unspecified atom stereocenters. The summed E-state index contributed by atoms with van der Waals surface area (Å²) < 4.78 is 60.2. The Balaban J connectivity index is 0.000000383. The quantitative estimate of drug-likeness (QED) is 0.556. The monoisotopic (exact) mass is 470 g/mol. The van der Waals surface area contributed by atoms with E-state index in [1.165, 1.54) is 10.8 Å². The highest BCUT2D eigenvalue weighted by Gasteiger charge is 2.38. The molecule has 0 bridgehead atoms. The Labute approximate surface area is 181 Å². The molecule has 0 saturated carbocycles. The van der Waals surface area contributed by atoms with E-state index >= 15 is 0 Å². The van der Waals surface area contributed by atoms with E-state index < -0.39 is 35.4 Å². The van der Waals surface area contributed by atoms with Crippen LogP contribution in [0.1, 0.15) is 42.0 Å². The van der Waals surface area contributed by atoms with Gasteiger partial charge in [-0.25, -0.2) is 28.1 Å². The van der Waals surface area contributed by atoms with Gasteiger partial charge in [-0.3, -0.25) is 9.59 Å². The number of pyridine rings is 1. The van der Waals surface area contributed by atoms with Crippen LogP contribution in [0.5, 0.6) is 0 Å². The van der Waals surface area contributed by atoms with Crippen molar-refractivity contribution >= 4 is 22.8 Å². The maximum atomic E-state index is 13.7. The molecule has 0 radical (unpaired) electrons. The van der Waals surface area contributed by atoms with Gasteiger partial charge in [-0.05, 0) is 24.6 Å². The second-order valence-electron chi connectivity index (χ2n) is 6.89. The molecular weight excluding hydrogens is 455 g/mol. The summed E-state index contributed by atoms with van der Waals surface area (Å²) >= 11 is 0. The molecule has 3 aromatic rings. The highest BCUT2D eigenvalue weighted by molar-refractivity contribution is 5.98. The maximum absolute atomic E-state index is 13.7. The first-order valence-corrected chi connectivity index (χ1v) is 9.43. The van der Waals surface area contributed by atoms with E-state index in [0.29, 0.717) is 6.42 Å². The number of carboxylic acids is 1. The van der Waals surface area contributed by atoms with Gasteiger partial charge in [0, 0.05) is 12.3 Å². The molecular formula is C20H15F5N4O4. The lowest BCUT2D eigenvalue weighted by atomic mass is 10.1. The molecule has 1 atom stereocenters. The van der Waals surface area contributed by atoms with E-state index in [9.17, 15) is 31.5 Å². The Hall–Kier alpha value is -3.90. The Morgan fingerprint density at radius 3 is 2.45 bits per heavy atom. The number of hydrogen-bond donors (Lipinski definition) is 2. The highest BCUT2D eigenvalue weighted by atomic mass is 19.4. The fraction of sp³-hybridized carbons (Fsp3) is 0.250. The Morgan fingerprint density at radius 1 is 1.21 bits per heavy atom. The maximum Gasteiger partial charge on any atom is 0.490 e. The lowest BCUT2D eigenvalue weighted by Crippen LogP contribution is -2.30.